The van der Waals surface area contributed by atoms with Gasteiger partial charge in [-0.25, -0.2) is 13.4 Å². The second kappa shape index (κ2) is 6.73. The summed E-state index contributed by atoms with van der Waals surface area (Å²) >= 11 is 1.20. The van der Waals surface area contributed by atoms with Gasteiger partial charge in [-0.2, -0.15) is 5.26 Å². The number of nitrogens with zero attached hydrogens (tertiary/aromatic N) is 2. The number of hydrogen-bond donors (Lipinski definition) is 1. The largest absolute Gasteiger partial charge is 0.349 e. The molecule has 130 valence electrons. The Balaban J connectivity index is 2.07. The number of nitriles is 1. The Morgan fingerprint density at radius 2 is 2.04 bits per heavy atom. The third-order valence-electron chi connectivity index (χ3n) is 4.36. The summed E-state index contributed by atoms with van der Waals surface area (Å²) in [6.45, 7) is 7.41. The molecule has 2 rings (SSSR count). The van der Waals surface area contributed by atoms with Crippen LogP contribution in [0, 0.1) is 32.1 Å². The predicted molar refractivity (Wildman–Crippen MR) is 93.7 cm³/mol. The average molecular weight is 367 g/mol. The molecule has 24 heavy (non-hydrogen) atoms. The molecule has 0 aromatic carbocycles. The maximum absolute atomic E-state index is 12.2. The standard InChI is InChI=1S/C16H21N3O3S2/c1-10-11(2)13(7-17)15(18-12(10)3)23-8-14(20)19-16(4)5-6-24(21,22)9-16/h5-6,8-9H2,1-4H3,(H,19,20)/t16-/m0/s1. The van der Waals surface area contributed by atoms with Crippen molar-refractivity contribution in [2.24, 2.45) is 0 Å². The quantitative estimate of drug-likeness (QED) is 0.813. The fourth-order valence-corrected chi connectivity index (χ4v) is 5.74. The second-order valence-corrected chi connectivity index (χ2v) is 9.63. The molecule has 1 atom stereocenters. The van der Waals surface area contributed by atoms with E-state index in [4.69, 9.17) is 0 Å². The number of aryl methyl sites for hydroxylation is 1. The molecule has 0 bridgehead atoms. The molecule has 1 aromatic rings. The average Bonchev–Trinajstić information content (AvgIpc) is 2.76. The van der Waals surface area contributed by atoms with Crippen LogP contribution in [-0.4, -0.2) is 42.1 Å². The topological polar surface area (TPSA) is 99.9 Å². The highest BCUT2D eigenvalue weighted by molar-refractivity contribution is 8.00. The van der Waals surface area contributed by atoms with E-state index in [1.807, 2.05) is 20.8 Å². The van der Waals surface area contributed by atoms with E-state index in [2.05, 4.69) is 16.4 Å². The summed E-state index contributed by atoms with van der Waals surface area (Å²) in [7, 11) is -3.07. The van der Waals surface area contributed by atoms with Crippen molar-refractivity contribution < 1.29 is 13.2 Å². The highest BCUT2D eigenvalue weighted by Crippen LogP contribution is 2.27. The lowest BCUT2D eigenvalue weighted by Gasteiger charge is -2.23. The molecule has 1 fully saturated rings. The summed E-state index contributed by atoms with van der Waals surface area (Å²) in [6.07, 6.45) is 0.427. The maximum Gasteiger partial charge on any atom is 0.230 e. The molecule has 0 spiro atoms. The van der Waals surface area contributed by atoms with E-state index in [9.17, 15) is 18.5 Å². The van der Waals surface area contributed by atoms with Crippen LogP contribution in [0.3, 0.4) is 0 Å². The van der Waals surface area contributed by atoms with E-state index in [0.29, 0.717) is 17.0 Å². The minimum absolute atomic E-state index is 0.0269. The van der Waals surface area contributed by atoms with Crippen LogP contribution < -0.4 is 5.32 Å². The number of pyridine rings is 1. The van der Waals surface area contributed by atoms with E-state index in [1.54, 1.807) is 6.92 Å². The molecule has 1 saturated heterocycles. The molecule has 1 aliphatic rings. The minimum atomic E-state index is -3.07. The van der Waals surface area contributed by atoms with Crippen LogP contribution in [0.15, 0.2) is 5.03 Å². The van der Waals surface area contributed by atoms with Crippen LogP contribution in [0.5, 0.6) is 0 Å². The number of amides is 1. The monoisotopic (exact) mass is 367 g/mol. The molecule has 2 heterocycles. The molecule has 8 heteroatoms. The molecule has 1 N–H and O–H groups in total. The van der Waals surface area contributed by atoms with Crippen LogP contribution in [0.1, 0.15) is 35.7 Å². The summed E-state index contributed by atoms with van der Waals surface area (Å²) in [5, 5.41) is 12.7. The molecule has 1 aromatic heterocycles. The number of rotatable bonds is 4. The zero-order valence-electron chi connectivity index (χ0n) is 14.3. The first kappa shape index (κ1) is 18.7. The number of carbonyl (C=O) groups is 1. The van der Waals surface area contributed by atoms with Gasteiger partial charge in [0.2, 0.25) is 5.91 Å². The fourth-order valence-electron chi connectivity index (χ4n) is 2.76. The maximum atomic E-state index is 12.2. The number of thioether (sulfide) groups is 1. The SMILES string of the molecule is Cc1nc(SCC(=O)N[C@@]2(C)CCS(=O)(=O)C2)c(C#N)c(C)c1C. The van der Waals surface area contributed by atoms with Crippen LogP contribution >= 0.6 is 11.8 Å². The molecular formula is C16H21N3O3S2. The molecule has 0 unspecified atom stereocenters. The third-order valence-corrected chi connectivity index (χ3v) is 7.24. The molecule has 1 amide bonds. The van der Waals surface area contributed by atoms with E-state index >= 15 is 0 Å². The molecule has 0 saturated carbocycles. The lowest BCUT2D eigenvalue weighted by atomic mass is 10.0. The van der Waals surface area contributed by atoms with E-state index in [1.165, 1.54) is 11.8 Å². The van der Waals surface area contributed by atoms with Crippen molar-refractivity contribution >= 4 is 27.5 Å². The smallest absolute Gasteiger partial charge is 0.230 e. The highest BCUT2D eigenvalue weighted by Gasteiger charge is 2.39. The Bertz CT molecular complexity index is 828. The predicted octanol–water partition coefficient (Wildman–Crippen LogP) is 1.66. The van der Waals surface area contributed by atoms with Crippen LogP contribution in [0.4, 0.5) is 0 Å². The van der Waals surface area contributed by atoms with Gasteiger partial charge in [-0.3, -0.25) is 4.79 Å². The Kier molecular flexibility index (Phi) is 5.25. The van der Waals surface area contributed by atoms with Crippen molar-refractivity contribution in [3.63, 3.8) is 0 Å². The second-order valence-electron chi connectivity index (χ2n) is 6.48. The number of aromatic nitrogens is 1. The van der Waals surface area contributed by atoms with Crippen LogP contribution in [0.2, 0.25) is 0 Å². The summed E-state index contributed by atoms with van der Waals surface area (Å²) in [5.41, 5.74) is 2.47. The van der Waals surface area contributed by atoms with Crippen molar-refractivity contribution in [2.75, 3.05) is 17.3 Å². The zero-order valence-corrected chi connectivity index (χ0v) is 15.9. The van der Waals surface area contributed by atoms with E-state index < -0.39 is 15.4 Å². The minimum Gasteiger partial charge on any atom is -0.349 e. The number of nitrogens with one attached hydrogen (secondary N) is 1. The highest BCUT2D eigenvalue weighted by atomic mass is 32.2. The lowest BCUT2D eigenvalue weighted by molar-refractivity contribution is -0.120. The normalized spacial score (nSPS) is 22.1. The van der Waals surface area contributed by atoms with Gasteiger partial charge in [0.05, 0.1) is 28.4 Å². The van der Waals surface area contributed by atoms with Gasteiger partial charge in [-0.05, 0) is 45.2 Å². The van der Waals surface area contributed by atoms with Crippen LogP contribution in [0.25, 0.3) is 0 Å². The Morgan fingerprint density at radius 3 is 2.58 bits per heavy atom. The molecule has 0 aliphatic carbocycles. The first-order valence-electron chi connectivity index (χ1n) is 7.59. The zero-order chi connectivity index (χ0) is 18.1. The first-order valence-corrected chi connectivity index (χ1v) is 10.4. The van der Waals surface area contributed by atoms with Gasteiger partial charge in [0.15, 0.2) is 9.84 Å². The Morgan fingerprint density at radius 1 is 1.38 bits per heavy atom. The fraction of sp³-hybridized carbons (Fsp3) is 0.562. The molecule has 6 nitrogen and oxygen atoms in total. The Labute approximate surface area is 147 Å². The van der Waals surface area contributed by atoms with Gasteiger partial charge in [-0.1, -0.05) is 11.8 Å². The molecular weight excluding hydrogens is 346 g/mol. The van der Waals surface area contributed by atoms with Crippen LogP contribution in [-0.2, 0) is 14.6 Å². The van der Waals surface area contributed by atoms with Gasteiger partial charge in [0, 0.05) is 5.69 Å². The first-order chi connectivity index (χ1) is 11.1. The van der Waals surface area contributed by atoms with E-state index in [0.717, 1.165) is 16.8 Å². The van der Waals surface area contributed by atoms with Crippen molar-refractivity contribution in [1.29, 1.82) is 5.26 Å². The number of hydrogen-bond acceptors (Lipinski definition) is 6. The van der Waals surface area contributed by atoms with Crippen molar-refractivity contribution in [2.45, 2.75) is 44.7 Å². The van der Waals surface area contributed by atoms with Gasteiger partial charge >= 0.3 is 0 Å². The number of carbonyl (C=O) groups excluding carboxylic acids is 1. The summed E-state index contributed by atoms with van der Waals surface area (Å²) in [5.74, 6) is -0.0748. The van der Waals surface area contributed by atoms with Crippen molar-refractivity contribution in [1.82, 2.24) is 10.3 Å². The van der Waals surface area contributed by atoms with Gasteiger partial charge in [-0.15, -0.1) is 0 Å². The number of sulfone groups is 1. The third kappa shape index (κ3) is 4.08. The van der Waals surface area contributed by atoms with Gasteiger partial charge in [0.1, 0.15) is 11.1 Å². The summed E-state index contributed by atoms with van der Waals surface area (Å²) < 4.78 is 23.2. The molecule has 1 aliphatic heterocycles. The van der Waals surface area contributed by atoms with E-state index in [-0.39, 0.29) is 23.2 Å². The lowest BCUT2D eigenvalue weighted by Crippen LogP contribution is -2.47. The summed E-state index contributed by atoms with van der Waals surface area (Å²) in [4.78, 5) is 16.6. The van der Waals surface area contributed by atoms with Gasteiger partial charge in [0.25, 0.3) is 0 Å². The van der Waals surface area contributed by atoms with Crippen molar-refractivity contribution in [3.05, 3.63) is 22.4 Å². The van der Waals surface area contributed by atoms with Crippen molar-refractivity contribution in [3.8, 4) is 6.07 Å². The summed E-state index contributed by atoms with van der Waals surface area (Å²) in [6, 6.07) is 2.15. The van der Waals surface area contributed by atoms with Gasteiger partial charge < -0.3 is 5.32 Å². The molecule has 0 radical (unpaired) electrons. The Hall–Kier alpha value is -1.59.